The second-order valence-electron chi connectivity index (χ2n) is 11.4. The molecule has 2 fully saturated rings. The van der Waals surface area contributed by atoms with E-state index in [1.807, 2.05) is 52.0 Å². The molecule has 11 heteroatoms. The van der Waals surface area contributed by atoms with E-state index in [1.165, 1.54) is 23.5 Å². The minimum Gasteiger partial charge on any atom is -0.342 e. The molecule has 1 saturated heterocycles. The molecule has 0 unspecified atom stereocenters. The number of hydrogen-bond acceptors (Lipinski definition) is 8. The number of rotatable bonds is 7. The van der Waals surface area contributed by atoms with Gasteiger partial charge >= 0.3 is 0 Å². The molecule has 7 rings (SSSR count). The van der Waals surface area contributed by atoms with Crippen LogP contribution in [0.1, 0.15) is 54.9 Å². The lowest BCUT2D eigenvalue weighted by Crippen LogP contribution is -2.39. The van der Waals surface area contributed by atoms with E-state index in [2.05, 4.69) is 13.0 Å². The minimum atomic E-state index is -0.337. The molecular weight excluding hydrogens is 575 g/mol. The number of likely N-dealkylation sites (tertiary alicyclic amines) is 1. The maximum Gasteiger partial charge on any atom is 0.225 e. The number of carbonyl (C=O) groups is 1. The molecule has 0 radical (unpaired) electrons. The predicted molar refractivity (Wildman–Crippen MR) is 167 cm³/mol. The molecule has 1 aliphatic carbocycles. The Bertz CT molecular complexity index is 1880. The van der Waals surface area contributed by atoms with Crippen molar-refractivity contribution in [2.24, 2.45) is 5.92 Å². The van der Waals surface area contributed by atoms with Crippen molar-refractivity contribution in [3.63, 3.8) is 0 Å². The zero-order chi connectivity index (χ0) is 30.4. The second kappa shape index (κ2) is 11.4. The van der Waals surface area contributed by atoms with Crippen molar-refractivity contribution in [3.8, 4) is 28.5 Å². The minimum absolute atomic E-state index is 0.257. The molecule has 5 heterocycles. The number of imidazole rings is 1. The van der Waals surface area contributed by atoms with Gasteiger partial charge in [-0.05, 0) is 68.5 Å². The first kappa shape index (κ1) is 28.1. The van der Waals surface area contributed by atoms with Crippen LogP contribution in [0.4, 0.5) is 15.3 Å². The van der Waals surface area contributed by atoms with E-state index >= 15 is 0 Å². The number of amides is 1. The molecule has 0 bridgehead atoms. The average molecular weight is 607 g/mol. The molecule has 4 aromatic heterocycles. The first-order chi connectivity index (χ1) is 21.4. The first-order valence-corrected chi connectivity index (χ1v) is 15.8. The highest BCUT2D eigenvalue weighted by Gasteiger charge is 2.35. The summed E-state index contributed by atoms with van der Waals surface area (Å²) in [5.41, 5.74) is 4.78. The van der Waals surface area contributed by atoms with Crippen LogP contribution in [0.15, 0.2) is 55.0 Å². The average Bonchev–Trinajstić information content (AvgIpc) is 3.72. The van der Waals surface area contributed by atoms with Gasteiger partial charge < -0.3 is 9.80 Å². The molecule has 0 atom stereocenters. The number of aromatic nitrogens is 5. The number of nitriles is 1. The second-order valence-corrected chi connectivity index (χ2v) is 12.4. The van der Waals surface area contributed by atoms with Crippen LogP contribution in [0.25, 0.3) is 28.0 Å². The molecule has 0 N–H and O–H groups in total. The van der Waals surface area contributed by atoms with Crippen LogP contribution in [-0.2, 0) is 11.2 Å². The first-order valence-electron chi connectivity index (χ1n) is 15.0. The Kier molecular flexibility index (Phi) is 7.30. The van der Waals surface area contributed by atoms with Crippen LogP contribution in [0.3, 0.4) is 0 Å². The maximum atomic E-state index is 13.5. The van der Waals surface area contributed by atoms with Gasteiger partial charge in [0.1, 0.15) is 39.7 Å². The molecule has 2 aliphatic rings. The van der Waals surface area contributed by atoms with Gasteiger partial charge in [-0.1, -0.05) is 18.3 Å². The molecule has 222 valence electrons. The molecule has 1 saturated carbocycles. The number of anilines is 2. The summed E-state index contributed by atoms with van der Waals surface area (Å²) in [4.78, 5) is 36.0. The van der Waals surface area contributed by atoms with E-state index in [0.29, 0.717) is 33.6 Å². The molecule has 44 heavy (non-hydrogen) atoms. The van der Waals surface area contributed by atoms with E-state index in [0.717, 1.165) is 72.9 Å². The van der Waals surface area contributed by atoms with Gasteiger partial charge in [-0.15, -0.1) is 0 Å². The largest absolute Gasteiger partial charge is 0.342 e. The SMILES string of the molecule is CCc1nc2ccc(-c3cnc(C4CCN(C(=O)C5CC5)CC4)nc3)cn2c1N(C)c1nc(-c2ccc(F)cc2)c(C#N)s1. The maximum absolute atomic E-state index is 13.5. The zero-order valence-corrected chi connectivity index (χ0v) is 25.4. The lowest BCUT2D eigenvalue weighted by atomic mass is 9.95. The lowest BCUT2D eigenvalue weighted by Gasteiger charge is -2.31. The standard InChI is InChI=1S/C33H31FN8OS/c1-3-26-31(40(2)33-39-29(27(16-35)44-33)20-6-9-25(34)10-7-20)42-19-23(8-11-28(42)38-26)24-17-36-30(37-18-24)21-12-14-41(15-13-21)32(43)22-4-5-22/h6-11,17-19,21-22H,3-5,12-15H2,1-2H3. The summed E-state index contributed by atoms with van der Waals surface area (Å²) >= 11 is 1.29. The number of aryl methyl sites for hydroxylation is 1. The molecule has 1 aliphatic heterocycles. The van der Waals surface area contributed by atoms with Crippen LogP contribution in [-0.4, -0.2) is 55.3 Å². The summed E-state index contributed by atoms with van der Waals surface area (Å²) in [6.07, 6.45) is 10.4. The van der Waals surface area contributed by atoms with E-state index in [1.54, 1.807) is 12.1 Å². The number of halogens is 1. The highest BCUT2D eigenvalue weighted by Crippen LogP contribution is 2.38. The summed E-state index contributed by atoms with van der Waals surface area (Å²) in [6, 6.07) is 12.3. The number of thiazole rings is 1. The van der Waals surface area contributed by atoms with Crippen molar-refractivity contribution >= 4 is 33.8 Å². The van der Waals surface area contributed by atoms with E-state index < -0.39 is 0 Å². The highest BCUT2D eigenvalue weighted by molar-refractivity contribution is 7.16. The monoisotopic (exact) mass is 606 g/mol. The normalized spacial score (nSPS) is 15.5. The third-order valence-electron chi connectivity index (χ3n) is 8.54. The molecule has 9 nitrogen and oxygen atoms in total. The number of benzene rings is 1. The number of nitrogens with zero attached hydrogens (tertiary/aromatic N) is 8. The van der Waals surface area contributed by atoms with E-state index in [4.69, 9.17) is 19.9 Å². The van der Waals surface area contributed by atoms with Crippen molar-refractivity contribution in [1.29, 1.82) is 5.26 Å². The fourth-order valence-corrected chi connectivity index (χ4v) is 6.76. The van der Waals surface area contributed by atoms with E-state index in [-0.39, 0.29) is 17.7 Å². The zero-order valence-electron chi connectivity index (χ0n) is 24.6. The van der Waals surface area contributed by atoms with Gasteiger partial charge in [0.25, 0.3) is 0 Å². The number of hydrogen-bond donors (Lipinski definition) is 0. The van der Waals surface area contributed by atoms with Crippen LogP contribution in [0.5, 0.6) is 0 Å². The van der Waals surface area contributed by atoms with Gasteiger partial charge in [-0.2, -0.15) is 5.26 Å². The van der Waals surface area contributed by atoms with Gasteiger partial charge in [0, 0.05) is 67.3 Å². The Balaban J connectivity index is 1.15. The van der Waals surface area contributed by atoms with Gasteiger partial charge in [0.2, 0.25) is 5.91 Å². The molecule has 1 amide bonds. The Hall–Kier alpha value is -4.69. The van der Waals surface area contributed by atoms with Crippen LogP contribution >= 0.6 is 11.3 Å². The third-order valence-corrected chi connectivity index (χ3v) is 9.58. The Morgan fingerprint density at radius 3 is 2.39 bits per heavy atom. The quantitative estimate of drug-likeness (QED) is 0.212. The van der Waals surface area contributed by atoms with Gasteiger partial charge in [0.15, 0.2) is 5.13 Å². The fourth-order valence-electron chi connectivity index (χ4n) is 5.91. The van der Waals surface area contributed by atoms with Crippen LogP contribution in [0, 0.1) is 23.1 Å². The Morgan fingerprint density at radius 2 is 1.73 bits per heavy atom. The molecule has 5 aromatic rings. The third kappa shape index (κ3) is 5.19. The number of carbonyl (C=O) groups excluding carboxylic acids is 1. The summed E-state index contributed by atoms with van der Waals surface area (Å²) in [5, 5.41) is 10.5. The van der Waals surface area contributed by atoms with Crippen LogP contribution in [0.2, 0.25) is 0 Å². The topological polar surface area (TPSA) is 103 Å². The van der Waals surface area contributed by atoms with Crippen molar-refractivity contribution in [2.75, 3.05) is 25.0 Å². The summed E-state index contributed by atoms with van der Waals surface area (Å²) in [5.74, 6) is 2.19. The summed E-state index contributed by atoms with van der Waals surface area (Å²) in [7, 11) is 1.92. The van der Waals surface area contributed by atoms with Gasteiger partial charge in [-0.3, -0.25) is 9.20 Å². The van der Waals surface area contributed by atoms with Crippen molar-refractivity contribution < 1.29 is 9.18 Å². The Morgan fingerprint density at radius 1 is 1.02 bits per heavy atom. The number of piperidine rings is 1. The Labute approximate surface area is 258 Å². The highest BCUT2D eigenvalue weighted by atomic mass is 32.1. The van der Waals surface area contributed by atoms with Crippen LogP contribution < -0.4 is 4.90 Å². The molecule has 1 aromatic carbocycles. The molecule has 0 spiro atoms. The number of pyridine rings is 1. The van der Waals surface area contributed by atoms with Crippen molar-refractivity contribution in [3.05, 3.63) is 77.2 Å². The summed E-state index contributed by atoms with van der Waals surface area (Å²) in [6.45, 7) is 3.61. The lowest BCUT2D eigenvalue weighted by molar-refractivity contribution is -0.133. The smallest absolute Gasteiger partial charge is 0.225 e. The van der Waals surface area contributed by atoms with Crippen molar-refractivity contribution in [2.45, 2.75) is 44.9 Å². The summed E-state index contributed by atoms with van der Waals surface area (Å²) < 4.78 is 15.6. The molecular formula is C33H31FN8OS. The van der Waals surface area contributed by atoms with Crippen molar-refractivity contribution in [1.82, 2.24) is 29.2 Å². The number of fused-ring (bicyclic) bond motifs is 1. The fraction of sp³-hybridized carbons (Fsp3) is 0.333. The van der Waals surface area contributed by atoms with Gasteiger partial charge in [-0.25, -0.2) is 24.3 Å². The van der Waals surface area contributed by atoms with E-state index in [9.17, 15) is 14.4 Å². The predicted octanol–water partition coefficient (Wildman–Crippen LogP) is 6.37. The van der Waals surface area contributed by atoms with Gasteiger partial charge in [0.05, 0.1) is 5.69 Å².